The van der Waals surface area contributed by atoms with Crippen molar-refractivity contribution in [2.45, 2.75) is 57.7 Å². The first-order valence-electron chi connectivity index (χ1n) is 10.3. The highest BCUT2D eigenvalue weighted by molar-refractivity contribution is 5.98. The van der Waals surface area contributed by atoms with Crippen LogP contribution in [0.4, 0.5) is 9.18 Å². The van der Waals surface area contributed by atoms with Crippen molar-refractivity contribution >= 4 is 11.9 Å². The summed E-state index contributed by atoms with van der Waals surface area (Å²) in [7, 11) is 0. The molecule has 0 aromatic heterocycles. The van der Waals surface area contributed by atoms with Crippen molar-refractivity contribution in [2.75, 3.05) is 0 Å². The van der Waals surface area contributed by atoms with Crippen molar-refractivity contribution in [1.82, 2.24) is 4.90 Å². The van der Waals surface area contributed by atoms with Crippen molar-refractivity contribution in [3.05, 3.63) is 71.0 Å². The second-order valence-corrected chi connectivity index (χ2v) is 8.20. The molecule has 2 aliphatic heterocycles. The minimum atomic E-state index is -0.454. The number of ketones is 1. The van der Waals surface area contributed by atoms with E-state index in [0.717, 1.165) is 30.4 Å². The lowest BCUT2D eigenvalue weighted by molar-refractivity contribution is 0.00464. The number of hydrogen-bond acceptors (Lipinski definition) is 3. The Labute approximate surface area is 170 Å². The number of halogens is 1. The fourth-order valence-electron chi connectivity index (χ4n) is 4.73. The molecule has 2 heterocycles. The number of fused-ring (bicyclic) bond motifs is 2. The van der Waals surface area contributed by atoms with E-state index in [-0.39, 0.29) is 42.0 Å². The molecule has 2 fully saturated rings. The summed E-state index contributed by atoms with van der Waals surface area (Å²) in [6.45, 7) is 2.05. The summed E-state index contributed by atoms with van der Waals surface area (Å²) < 4.78 is 19.9. The van der Waals surface area contributed by atoms with Crippen LogP contribution in [0.25, 0.3) is 0 Å². The van der Waals surface area contributed by atoms with E-state index >= 15 is 0 Å². The number of carbonyl (C=O) groups excluding carboxylic acids is 2. The molecule has 0 saturated carbocycles. The van der Waals surface area contributed by atoms with Crippen LogP contribution in [0, 0.1) is 18.7 Å². The van der Waals surface area contributed by atoms with Gasteiger partial charge in [0.05, 0.1) is 5.56 Å². The van der Waals surface area contributed by atoms with Gasteiger partial charge in [-0.25, -0.2) is 9.18 Å². The molecule has 0 radical (unpaired) electrons. The molecule has 0 aliphatic carbocycles. The van der Waals surface area contributed by atoms with Crippen LogP contribution in [-0.2, 0) is 11.3 Å². The van der Waals surface area contributed by atoms with E-state index in [2.05, 4.69) is 0 Å². The van der Waals surface area contributed by atoms with Crippen molar-refractivity contribution in [1.29, 1.82) is 0 Å². The minimum Gasteiger partial charge on any atom is -0.445 e. The van der Waals surface area contributed by atoms with E-state index < -0.39 is 5.82 Å². The Morgan fingerprint density at radius 1 is 1.07 bits per heavy atom. The molecule has 0 spiro atoms. The number of benzene rings is 2. The molecule has 5 heteroatoms. The first-order valence-corrected chi connectivity index (χ1v) is 10.3. The summed E-state index contributed by atoms with van der Waals surface area (Å²) in [5.74, 6) is -0.845. The highest BCUT2D eigenvalue weighted by Gasteiger charge is 2.44. The van der Waals surface area contributed by atoms with E-state index in [9.17, 15) is 14.0 Å². The molecule has 152 valence electrons. The Bertz CT molecular complexity index is 884. The fourth-order valence-corrected chi connectivity index (χ4v) is 4.73. The standard InChI is InChI=1S/C24H26FNO3/c1-16-10-11-21(22(25)12-16)23(27)18-13-19-8-5-9-20(14-18)26(19)24(28)29-15-17-6-3-2-4-7-17/h2-4,6-7,10-12,18-20H,5,8-9,13-15H2,1H3. The second-order valence-electron chi connectivity index (χ2n) is 8.20. The maximum atomic E-state index is 14.3. The maximum absolute atomic E-state index is 14.3. The largest absolute Gasteiger partial charge is 0.445 e. The average Bonchev–Trinajstić information content (AvgIpc) is 2.71. The van der Waals surface area contributed by atoms with E-state index in [1.807, 2.05) is 35.2 Å². The van der Waals surface area contributed by atoms with Crippen LogP contribution in [0.5, 0.6) is 0 Å². The lowest BCUT2D eigenvalue weighted by Gasteiger charge is -2.47. The van der Waals surface area contributed by atoms with Gasteiger partial charge in [-0.2, -0.15) is 0 Å². The summed E-state index contributed by atoms with van der Waals surface area (Å²) in [5, 5.41) is 0. The molecular weight excluding hydrogens is 369 g/mol. The van der Waals surface area contributed by atoms with Crippen LogP contribution >= 0.6 is 0 Å². The lowest BCUT2D eigenvalue weighted by atomic mass is 9.75. The highest BCUT2D eigenvalue weighted by atomic mass is 19.1. The number of nitrogens with zero attached hydrogens (tertiary/aromatic N) is 1. The molecule has 2 aromatic rings. The number of Topliss-reactive ketones (excluding diaryl/α,β-unsaturated/α-hetero) is 1. The molecule has 1 amide bonds. The van der Waals surface area contributed by atoms with Crippen LogP contribution in [0.2, 0.25) is 0 Å². The third-order valence-corrected chi connectivity index (χ3v) is 6.15. The predicted octanol–water partition coefficient (Wildman–Crippen LogP) is 5.29. The molecule has 0 N–H and O–H groups in total. The molecule has 29 heavy (non-hydrogen) atoms. The number of ether oxygens (including phenoxy) is 1. The van der Waals surface area contributed by atoms with Crippen LogP contribution in [-0.4, -0.2) is 28.9 Å². The first-order chi connectivity index (χ1) is 14.0. The first kappa shape index (κ1) is 19.6. The summed E-state index contributed by atoms with van der Waals surface area (Å²) in [4.78, 5) is 27.6. The summed E-state index contributed by atoms with van der Waals surface area (Å²) in [6, 6.07) is 14.3. The molecule has 2 aromatic carbocycles. The van der Waals surface area contributed by atoms with Crippen molar-refractivity contribution in [2.24, 2.45) is 5.92 Å². The number of carbonyl (C=O) groups is 2. The van der Waals surface area contributed by atoms with E-state index in [4.69, 9.17) is 4.74 Å². The van der Waals surface area contributed by atoms with Gasteiger partial charge in [0.2, 0.25) is 0 Å². The molecular formula is C24H26FNO3. The third-order valence-electron chi connectivity index (χ3n) is 6.15. The molecule has 2 saturated heterocycles. The third kappa shape index (κ3) is 4.19. The number of hydrogen-bond donors (Lipinski definition) is 0. The molecule has 2 atom stereocenters. The Morgan fingerprint density at radius 2 is 1.76 bits per heavy atom. The zero-order chi connectivity index (χ0) is 20.4. The summed E-state index contributed by atoms with van der Waals surface area (Å²) >= 11 is 0. The van der Waals surface area contributed by atoms with Gasteiger partial charge in [-0.05, 0) is 62.3 Å². The number of aryl methyl sites for hydroxylation is 1. The number of amides is 1. The molecule has 4 rings (SSSR count). The number of piperidine rings is 2. The minimum absolute atomic E-state index is 0.0202. The molecule has 2 bridgehead atoms. The normalized spacial score (nSPS) is 23.5. The van der Waals surface area contributed by atoms with Gasteiger partial charge in [0.15, 0.2) is 5.78 Å². The van der Waals surface area contributed by atoms with Crippen molar-refractivity contribution in [3.8, 4) is 0 Å². The van der Waals surface area contributed by atoms with Crippen LogP contribution in [0.15, 0.2) is 48.5 Å². The van der Waals surface area contributed by atoms with Gasteiger partial charge in [-0.1, -0.05) is 36.4 Å². The van der Waals surface area contributed by atoms with E-state index in [0.29, 0.717) is 12.8 Å². The van der Waals surface area contributed by atoms with Crippen LogP contribution in [0.1, 0.15) is 53.6 Å². The molecule has 2 unspecified atom stereocenters. The Morgan fingerprint density at radius 3 is 2.41 bits per heavy atom. The topological polar surface area (TPSA) is 46.6 Å². The van der Waals surface area contributed by atoms with E-state index in [1.54, 1.807) is 19.1 Å². The van der Waals surface area contributed by atoms with Gasteiger partial charge in [0.1, 0.15) is 12.4 Å². The zero-order valence-corrected chi connectivity index (χ0v) is 16.6. The second kappa shape index (κ2) is 8.36. The number of rotatable bonds is 4. The molecule has 2 aliphatic rings. The highest BCUT2D eigenvalue weighted by Crippen LogP contribution is 2.39. The van der Waals surface area contributed by atoms with Gasteiger partial charge < -0.3 is 9.64 Å². The summed E-state index contributed by atoms with van der Waals surface area (Å²) in [6.07, 6.45) is 3.59. The average molecular weight is 395 g/mol. The SMILES string of the molecule is Cc1ccc(C(=O)C2CC3CCCC(C2)N3C(=O)OCc2ccccc2)c(F)c1. The quantitative estimate of drug-likeness (QED) is 0.661. The van der Waals surface area contributed by atoms with Crippen molar-refractivity contribution < 1.29 is 18.7 Å². The Balaban J connectivity index is 1.44. The van der Waals surface area contributed by atoms with Crippen LogP contribution < -0.4 is 0 Å². The smallest absolute Gasteiger partial charge is 0.410 e. The van der Waals surface area contributed by atoms with Crippen molar-refractivity contribution in [3.63, 3.8) is 0 Å². The van der Waals surface area contributed by atoms with E-state index in [1.165, 1.54) is 6.07 Å². The van der Waals surface area contributed by atoms with Gasteiger partial charge in [-0.3, -0.25) is 4.79 Å². The monoisotopic (exact) mass is 395 g/mol. The van der Waals surface area contributed by atoms with Gasteiger partial charge >= 0.3 is 6.09 Å². The Kier molecular flexibility index (Phi) is 5.65. The fraction of sp³-hybridized carbons (Fsp3) is 0.417. The summed E-state index contributed by atoms with van der Waals surface area (Å²) in [5.41, 5.74) is 1.91. The van der Waals surface area contributed by atoms with Gasteiger partial charge in [0, 0.05) is 18.0 Å². The lowest BCUT2D eigenvalue weighted by Crippen LogP contribution is -2.55. The van der Waals surface area contributed by atoms with Gasteiger partial charge in [0.25, 0.3) is 0 Å². The predicted molar refractivity (Wildman–Crippen MR) is 108 cm³/mol. The van der Waals surface area contributed by atoms with Crippen LogP contribution in [0.3, 0.4) is 0 Å². The Hall–Kier alpha value is -2.69. The zero-order valence-electron chi connectivity index (χ0n) is 16.6. The maximum Gasteiger partial charge on any atom is 0.410 e. The van der Waals surface area contributed by atoms with Gasteiger partial charge in [-0.15, -0.1) is 0 Å². The molecule has 4 nitrogen and oxygen atoms in total.